The highest BCUT2D eigenvalue weighted by molar-refractivity contribution is 6.31. The van der Waals surface area contributed by atoms with Gasteiger partial charge in [0.2, 0.25) is 0 Å². The van der Waals surface area contributed by atoms with Gasteiger partial charge in [0.25, 0.3) is 0 Å². The zero-order chi connectivity index (χ0) is 13.3. The number of nitrogens with two attached hydrogens (primary N) is 1. The molecule has 2 aromatic rings. The van der Waals surface area contributed by atoms with E-state index < -0.39 is 11.6 Å². The van der Waals surface area contributed by atoms with Gasteiger partial charge in [-0.25, -0.2) is 18.7 Å². The average Bonchev–Trinajstić information content (AvgIpc) is 2.35. The summed E-state index contributed by atoms with van der Waals surface area (Å²) in [4.78, 5) is 7.58. The van der Waals surface area contributed by atoms with Crippen molar-refractivity contribution in [3.05, 3.63) is 40.7 Å². The highest BCUT2D eigenvalue weighted by Crippen LogP contribution is 2.27. The lowest BCUT2D eigenvalue weighted by Gasteiger charge is -2.05. The van der Waals surface area contributed by atoms with Gasteiger partial charge in [0.1, 0.15) is 11.8 Å². The first-order valence-electron chi connectivity index (χ1n) is 4.71. The predicted molar refractivity (Wildman–Crippen MR) is 61.5 cm³/mol. The molecule has 0 bridgehead atoms. The largest absolute Gasteiger partial charge is 0.381 e. The molecule has 2 N–H and O–H groups in total. The first kappa shape index (κ1) is 12.2. The van der Waals surface area contributed by atoms with Crippen LogP contribution in [0.4, 0.5) is 14.6 Å². The molecular weight excluding hydrogens is 262 g/mol. The van der Waals surface area contributed by atoms with Crippen molar-refractivity contribution in [3.63, 3.8) is 0 Å². The van der Waals surface area contributed by atoms with Gasteiger partial charge in [0.05, 0.1) is 0 Å². The molecule has 0 saturated carbocycles. The Balaban J connectivity index is 2.61. The molecule has 0 unspecified atom stereocenters. The van der Waals surface area contributed by atoms with E-state index in [2.05, 4.69) is 9.97 Å². The van der Waals surface area contributed by atoms with Gasteiger partial charge in [0, 0.05) is 5.56 Å². The van der Waals surface area contributed by atoms with Crippen molar-refractivity contribution < 1.29 is 8.78 Å². The van der Waals surface area contributed by atoms with Crippen molar-refractivity contribution in [1.29, 1.82) is 5.26 Å². The summed E-state index contributed by atoms with van der Waals surface area (Å²) in [6, 6.07) is 4.88. The van der Waals surface area contributed by atoms with Crippen LogP contribution in [-0.2, 0) is 0 Å². The summed E-state index contributed by atoms with van der Waals surface area (Å²) in [7, 11) is 0. The molecule has 0 amide bonds. The van der Waals surface area contributed by atoms with E-state index in [9.17, 15) is 8.78 Å². The Morgan fingerprint density at radius 2 is 1.94 bits per heavy atom. The quantitative estimate of drug-likeness (QED) is 0.860. The van der Waals surface area contributed by atoms with E-state index in [0.717, 1.165) is 12.1 Å². The van der Waals surface area contributed by atoms with Gasteiger partial charge in [0.15, 0.2) is 28.3 Å². The third-order valence-corrected chi connectivity index (χ3v) is 2.44. The molecule has 7 heteroatoms. The second-order valence-corrected chi connectivity index (χ2v) is 3.70. The van der Waals surface area contributed by atoms with Gasteiger partial charge in [-0.1, -0.05) is 11.6 Å². The van der Waals surface area contributed by atoms with Gasteiger partial charge in [-0.15, -0.1) is 0 Å². The van der Waals surface area contributed by atoms with Crippen LogP contribution in [0.5, 0.6) is 0 Å². The Labute approximate surface area is 106 Å². The number of nitrogen functional groups attached to an aromatic ring is 1. The number of nitriles is 1. The Bertz CT molecular complexity index is 667. The van der Waals surface area contributed by atoms with Crippen LogP contribution >= 0.6 is 11.6 Å². The van der Waals surface area contributed by atoms with Crippen molar-refractivity contribution in [2.24, 2.45) is 0 Å². The van der Waals surface area contributed by atoms with Gasteiger partial charge >= 0.3 is 0 Å². The summed E-state index contributed by atoms with van der Waals surface area (Å²) < 4.78 is 25.9. The number of rotatable bonds is 1. The maximum absolute atomic E-state index is 13.1. The van der Waals surface area contributed by atoms with Gasteiger partial charge < -0.3 is 5.73 Å². The molecule has 0 aliphatic carbocycles. The Morgan fingerprint density at radius 3 is 2.56 bits per heavy atom. The maximum atomic E-state index is 13.1. The number of nitrogens with zero attached hydrogens (tertiary/aromatic N) is 3. The van der Waals surface area contributed by atoms with E-state index in [-0.39, 0.29) is 27.9 Å². The number of hydrogen-bond acceptors (Lipinski definition) is 4. The standard InChI is InChI=1S/C11H5ClF2N4/c12-10-9(18-11(16)8(4-15)17-10)5-1-2-6(13)7(14)3-5/h1-3H,(H2,16,18). The van der Waals surface area contributed by atoms with Crippen LogP contribution < -0.4 is 5.73 Å². The summed E-state index contributed by atoms with van der Waals surface area (Å²) >= 11 is 5.81. The molecule has 90 valence electrons. The first-order chi connectivity index (χ1) is 8.52. The summed E-state index contributed by atoms with van der Waals surface area (Å²) in [5.74, 6) is -2.14. The smallest absolute Gasteiger partial charge is 0.184 e. The third kappa shape index (κ3) is 2.08. The Kier molecular flexibility index (Phi) is 3.08. The van der Waals surface area contributed by atoms with E-state index in [1.807, 2.05) is 0 Å². The lowest BCUT2D eigenvalue weighted by atomic mass is 10.1. The van der Waals surface area contributed by atoms with E-state index in [0.29, 0.717) is 0 Å². The number of halogens is 3. The van der Waals surface area contributed by atoms with Crippen molar-refractivity contribution in [1.82, 2.24) is 9.97 Å². The molecule has 2 rings (SSSR count). The SMILES string of the molecule is N#Cc1nc(Cl)c(-c2ccc(F)c(F)c2)nc1N. The predicted octanol–water partition coefficient (Wildman–Crippen LogP) is 2.53. The molecular formula is C11H5ClF2N4. The molecule has 0 atom stereocenters. The molecule has 4 nitrogen and oxygen atoms in total. The Hall–Kier alpha value is -2.26. The molecule has 0 aliphatic rings. The van der Waals surface area contributed by atoms with Crippen LogP contribution in [0.3, 0.4) is 0 Å². The third-order valence-electron chi connectivity index (χ3n) is 2.18. The highest BCUT2D eigenvalue weighted by atomic mass is 35.5. The number of anilines is 1. The maximum Gasteiger partial charge on any atom is 0.184 e. The van der Waals surface area contributed by atoms with Gasteiger partial charge in [-0.2, -0.15) is 5.26 Å². The highest BCUT2D eigenvalue weighted by Gasteiger charge is 2.13. The lowest BCUT2D eigenvalue weighted by molar-refractivity contribution is 0.509. The zero-order valence-corrected chi connectivity index (χ0v) is 9.54. The van der Waals surface area contributed by atoms with Crippen LogP contribution in [0.1, 0.15) is 5.69 Å². The van der Waals surface area contributed by atoms with Crippen LogP contribution in [0, 0.1) is 23.0 Å². The van der Waals surface area contributed by atoms with Crippen LogP contribution in [0.25, 0.3) is 11.3 Å². The normalized spacial score (nSPS) is 10.1. The van der Waals surface area contributed by atoms with Crippen LogP contribution in [-0.4, -0.2) is 9.97 Å². The second kappa shape index (κ2) is 4.55. The molecule has 0 aliphatic heterocycles. The van der Waals surface area contributed by atoms with Crippen molar-refractivity contribution >= 4 is 17.4 Å². The summed E-state index contributed by atoms with van der Waals surface area (Å²) in [6.07, 6.45) is 0. The molecule has 0 spiro atoms. The molecule has 0 fully saturated rings. The fraction of sp³-hybridized carbons (Fsp3) is 0. The van der Waals surface area contributed by atoms with E-state index in [1.54, 1.807) is 6.07 Å². The van der Waals surface area contributed by atoms with Crippen LogP contribution in [0.2, 0.25) is 5.15 Å². The van der Waals surface area contributed by atoms with Crippen molar-refractivity contribution in [2.45, 2.75) is 0 Å². The molecule has 0 saturated heterocycles. The fourth-order valence-corrected chi connectivity index (χ4v) is 1.57. The van der Waals surface area contributed by atoms with Crippen LogP contribution in [0.15, 0.2) is 18.2 Å². The molecule has 1 heterocycles. The number of hydrogen-bond donors (Lipinski definition) is 1. The first-order valence-corrected chi connectivity index (χ1v) is 5.09. The number of aromatic nitrogens is 2. The minimum Gasteiger partial charge on any atom is -0.381 e. The molecule has 18 heavy (non-hydrogen) atoms. The molecule has 0 radical (unpaired) electrons. The average molecular weight is 267 g/mol. The summed E-state index contributed by atoms with van der Waals surface area (Å²) in [6.45, 7) is 0. The fourth-order valence-electron chi connectivity index (χ4n) is 1.34. The molecule has 1 aromatic heterocycles. The molecule has 1 aromatic carbocycles. The van der Waals surface area contributed by atoms with Gasteiger partial charge in [-0.05, 0) is 18.2 Å². The topological polar surface area (TPSA) is 75.6 Å². The van der Waals surface area contributed by atoms with E-state index >= 15 is 0 Å². The number of benzene rings is 1. The van der Waals surface area contributed by atoms with E-state index in [4.69, 9.17) is 22.6 Å². The zero-order valence-electron chi connectivity index (χ0n) is 8.78. The van der Waals surface area contributed by atoms with Crippen molar-refractivity contribution in [2.75, 3.05) is 5.73 Å². The minimum atomic E-state index is -1.03. The summed E-state index contributed by atoms with van der Waals surface area (Å²) in [5, 5.41) is 8.58. The monoisotopic (exact) mass is 266 g/mol. The van der Waals surface area contributed by atoms with E-state index in [1.165, 1.54) is 6.07 Å². The van der Waals surface area contributed by atoms with Crippen molar-refractivity contribution in [3.8, 4) is 17.3 Å². The van der Waals surface area contributed by atoms with Gasteiger partial charge in [-0.3, -0.25) is 0 Å². The summed E-state index contributed by atoms with van der Waals surface area (Å²) in [5.41, 5.74) is 5.68. The lowest BCUT2D eigenvalue weighted by Crippen LogP contribution is -2.01. The second-order valence-electron chi connectivity index (χ2n) is 3.34. The Morgan fingerprint density at radius 1 is 1.22 bits per heavy atom. The minimum absolute atomic E-state index is 0.0899.